The quantitative estimate of drug-likeness (QED) is 0.728. The third-order valence-corrected chi connectivity index (χ3v) is 3.33. The van der Waals surface area contributed by atoms with Crippen LogP contribution in [0, 0.1) is 12.3 Å². The molecule has 6 nitrogen and oxygen atoms in total. The Labute approximate surface area is 149 Å². The Balaban J connectivity index is 2.02. The first kappa shape index (κ1) is 18.7. The van der Waals surface area contributed by atoms with Crippen molar-refractivity contribution < 1.29 is 4.79 Å². The molecule has 134 valence electrons. The first-order valence-corrected chi connectivity index (χ1v) is 8.52. The van der Waals surface area contributed by atoms with Crippen molar-refractivity contribution in [3.63, 3.8) is 0 Å². The van der Waals surface area contributed by atoms with Crippen LogP contribution in [0.5, 0.6) is 0 Å². The maximum absolute atomic E-state index is 12.0. The Morgan fingerprint density at radius 2 is 1.72 bits per heavy atom. The van der Waals surface area contributed by atoms with E-state index in [2.05, 4.69) is 25.9 Å². The molecule has 0 unspecified atom stereocenters. The molecule has 0 saturated carbocycles. The van der Waals surface area contributed by atoms with Crippen LogP contribution in [0.4, 0.5) is 23.1 Å². The molecule has 0 aliphatic carbocycles. The van der Waals surface area contributed by atoms with Crippen molar-refractivity contribution in [3.8, 4) is 0 Å². The van der Waals surface area contributed by atoms with Crippen molar-refractivity contribution in [2.75, 3.05) is 22.5 Å². The van der Waals surface area contributed by atoms with Crippen LogP contribution in [0.2, 0.25) is 0 Å². The highest BCUT2D eigenvalue weighted by atomic mass is 16.1. The summed E-state index contributed by atoms with van der Waals surface area (Å²) in [6.07, 6.45) is 0.483. The SMILES string of the molecule is CCNc1cc(C)nc(Nc2ccc(NC(=O)CC(C)(C)C)cc2)n1. The van der Waals surface area contributed by atoms with Gasteiger partial charge in [-0.3, -0.25) is 4.79 Å². The molecule has 0 aliphatic rings. The smallest absolute Gasteiger partial charge is 0.229 e. The lowest BCUT2D eigenvalue weighted by atomic mass is 9.92. The first-order chi connectivity index (χ1) is 11.7. The summed E-state index contributed by atoms with van der Waals surface area (Å²) in [6.45, 7) is 10.9. The summed E-state index contributed by atoms with van der Waals surface area (Å²) in [5.74, 6) is 1.36. The molecule has 2 rings (SSSR count). The highest BCUT2D eigenvalue weighted by Crippen LogP contribution is 2.21. The Bertz CT molecular complexity index is 720. The van der Waals surface area contributed by atoms with Gasteiger partial charge in [-0.15, -0.1) is 0 Å². The van der Waals surface area contributed by atoms with Gasteiger partial charge in [-0.1, -0.05) is 20.8 Å². The molecule has 0 bridgehead atoms. The van der Waals surface area contributed by atoms with E-state index in [1.54, 1.807) is 0 Å². The second-order valence-electron chi connectivity index (χ2n) is 7.24. The van der Waals surface area contributed by atoms with Gasteiger partial charge in [-0.05, 0) is 43.5 Å². The van der Waals surface area contributed by atoms with E-state index in [9.17, 15) is 4.79 Å². The van der Waals surface area contributed by atoms with E-state index in [0.717, 1.165) is 29.4 Å². The molecule has 25 heavy (non-hydrogen) atoms. The predicted molar refractivity (Wildman–Crippen MR) is 103 cm³/mol. The standard InChI is InChI=1S/C19H27N5O/c1-6-20-16-11-13(2)21-18(24-16)23-15-9-7-14(8-10-15)22-17(25)12-19(3,4)5/h7-11H,6,12H2,1-5H3,(H,22,25)(H2,20,21,23,24). The fourth-order valence-electron chi connectivity index (χ4n) is 2.35. The minimum Gasteiger partial charge on any atom is -0.370 e. The van der Waals surface area contributed by atoms with Crippen LogP contribution in [-0.4, -0.2) is 22.4 Å². The number of hydrogen-bond acceptors (Lipinski definition) is 5. The Morgan fingerprint density at radius 3 is 2.32 bits per heavy atom. The van der Waals surface area contributed by atoms with Crippen LogP contribution in [-0.2, 0) is 4.79 Å². The maximum Gasteiger partial charge on any atom is 0.229 e. The molecule has 0 atom stereocenters. The summed E-state index contributed by atoms with van der Waals surface area (Å²) < 4.78 is 0. The van der Waals surface area contributed by atoms with Gasteiger partial charge >= 0.3 is 0 Å². The Kier molecular flexibility index (Phi) is 5.96. The van der Waals surface area contributed by atoms with Gasteiger partial charge in [0, 0.05) is 36.1 Å². The van der Waals surface area contributed by atoms with Gasteiger partial charge in [-0.25, -0.2) is 4.98 Å². The van der Waals surface area contributed by atoms with Gasteiger partial charge < -0.3 is 16.0 Å². The monoisotopic (exact) mass is 341 g/mol. The van der Waals surface area contributed by atoms with E-state index in [0.29, 0.717) is 12.4 Å². The third kappa shape index (κ3) is 6.41. The van der Waals surface area contributed by atoms with Crippen LogP contribution in [0.15, 0.2) is 30.3 Å². The van der Waals surface area contributed by atoms with E-state index < -0.39 is 0 Å². The van der Waals surface area contributed by atoms with Crippen LogP contribution in [0.3, 0.4) is 0 Å². The summed E-state index contributed by atoms with van der Waals surface area (Å²) in [7, 11) is 0. The molecule has 1 amide bonds. The molecule has 0 fully saturated rings. The highest BCUT2D eigenvalue weighted by molar-refractivity contribution is 5.91. The minimum atomic E-state index is -0.0294. The lowest BCUT2D eigenvalue weighted by molar-refractivity contribution is -0.117. The minimum absolute atomic E-state index is 0.0190. The Hall–Kier alpha value is -2.63. The second kappa shape index (κ2) is 7.96. The fourth-order valence-corrected chi connectivity index (χ4v) is 2.35. The zero-order valence-electron chi connectivity index (χ0n) is 15.6. The largest absolute Gasteiger partial charge is 0.370 e. The van der Waals surface area contributed by atoms with Crippen LogP contribution >= 0.6 is 0 Å². The van der Waals surface area contributed by atoms with Gasteiger partial charge in [-0.2, -0.15) is 4.98 Å². The number of carbonyl (C=O) groups excluding carboxylic acids is 1. The molecule has 0 spiro atoms. The van der Waals surface area contributed by atoms with Crippen LogP contribution in [0.25, 0.3) is 0 Å². The molecule has 3 N–H and O–H groups in total. The van der Waals surface area contributed by atoms with Gasteiger partial charge in [0.2, 0.25) is 11.9 Å². The van der Waals surface area contributed by atoms with Crippen molar-refractivity contribution >= 4 is 29.0 Å². The number of rotatable bonds is 6. The first-order valence-electron chi connectivity index (χ1n) is 8.52. The average molecular weight is 341 g/mol. The average Bonchev–Trinajstić information content (AvgIpc) is 2.47. The van der Waals surface area contributed by atoms with Gasteiger partial charge in [0.25, 0.3) is 0 Å². The molecule has 1 aromatic heterocycles. The van der Waals surface area contributed by atoms with Crippen molar-refractivity contribution in [2.45, 2.75) is 41.0 Å². The fraction of sp³-hybridized carbons (Fsp3) is 0.421. The van der Waals surface area contributed by atoms with Crippen molar-refractivity contribution in [2.24, 2.45) is 5.41 Å². The molecule has 0 aliphatic heterocycles. The van der Waals surface area contributed by atoms with E-state index >= 15 is 0 Å². The number of carbonyl (C=O) groups is 1. The van der Waals surface area contributed by atoms with Gasteiger partial charge in [0.05, 0.1) is 0 Å². The van der Waals surface area contributed by atoms with Crippen molar-refractivity contribution in [3.05, 3.63) is 36.0 Å². The molecule has 6 heteroatoms. The lowest BCUT2D eigenvalue weighted by Gasteiger charge is -2.17. The summed E-state index contributed by atoms with van der Waals surface area (Å²) in [6, 6.07) is 9.42. The number of aryl methyl sites for hydroxylation is 1. The van der Waals surface area contributed by atoms with E-state index in [-0.39, 0.29) is 11.3 Å². The van der Waals surface area contributed by atoms with Crippen molar-refractivity contribution in [1.82, 2.24) is 9.97 Å². The molecule has 1 heterocycles. The second-order valence-corrected chi connectivity index (χ2v) is 7.24. The molecule has 0 saturated heterocycles. The topological polar surface area (TPSA) is 78.9 Å². The van der Waals surface area contributed by atoms with Crippen LogP contribution in [0.1, 0.15) is 39.8 Å². The summed E-state index contributed by atoms with van der Waals surface area (Å²) in [4.78, 5) is 20.8. The van der Waals surface area contributed by atoms with E-state index in [1.165, 1.54) is 0 Å². The summed E-state index contributed by atoms with van der Waals surface area (Å²) >= 11 is 0. The van der Waals surface area contributed by atoms with E-state index in [4.69, 9.17) is 0 Å². The van der Waals surface area contributed by atoms with Gasteiger partial charge in [0.15, 0.2) is 0 Å². The molecular weight excluding hydrogens is 314 g/mol. The highest BCUT2D eigenvalue weighted by Gasteiger charge is 2.15. The number of nitrogens with zero attached hydrogens (tertiary/aromatic N) is 2. The third-order valence-electron chi connectivity index (χ3n) is 3.33. The van der Waals surface area contributed by atoms with Gasteiger partial charge in [0.1, 0.15) is 5.82 Å². The number of nitrogens with one attached hydrogen (secondary N) is 3. The number of hydrogen-bond donors (Lipinski definition) is 3. The summed E-state index contributed by atoms with van der Waals surface area (Å²) in [5.41, 5.74) is 2.50. The zero-order chi connectivity index (χ0) is 18.4. The molecule has 1 aromatic carbocycles. The molecule has 0 radical (unpaired) electrons. The van der Waals surface area contributed by atoms with Crippen molar-refractivity contribution in [1.29, 1.82) is 0 Å². The molecule has 2 aromatic rings. The number of amides is 1. The number of aromatic nitrogens is 2. The zero-order valence-corrected chi connectivity index (χ0v) is 15.6. The Morgan fingerprint density at radius 1 is 1.08 bits per heavy atom. The number of anilines is 4. The summed E-state index contributed by atoms with van der Waals surface area (Å²) in [5, 5.41) is 9.29. The normalized spacial score (nSPS) is 11.1. The lowest BCUT2D eigenvalue weighted by Crippen LogP contribution is -2.19. The van der Waals surface area contributed by atoms with Crippen LogP contribution < -0.4 is 16.0 Å². The number of benzene rings is 1. The predicted octanol–water partition coefficient (Wildman–Crippen LogP) is 4.34. The van der Waals surface area contributed by atoms with E-state index in [1.807, 2.05) is 65.0 Å². The maximum atomic E-state index is 12.0. The molecular formula is C19H27N5O.